The van der Waals surface area contributed by atoms with Crippen molar-refractivity contribution >= 4 is 15.7 Å². The highest BCUT2D eigenvalue weighted by atomic mass is 32.2. The highest BCUT2D eigenvalue weighted by Crippen LogP contribution is 2.04. The lowest BCUT2D eigenvalue weighted by atomic mass is 10.1. The first-order valence-electron chi connectivity index (χ1n) is 4.46. The van der Waals surface area contributed by atoms with Crippen molar-refractivity contribution in [2.75, 3.05) is 19.8 Å². The minimum Gasteiger partial charge on any atom is -0.304 e. The molecule has 0 spiro atoms. The monoisotopic (exact) mass is 226 g/mol. The minimum atomic E-state index is -3.34. The highest BCUT2D eigenvalue weighted by molar-refractivity contribution is 7.89. The molecule has 15 heavy (non-hydrogen) atoms. The summed E-state index contributed by atoms with van der Waals surface area (Å²) in [4.78, 5) is 0. The Hall–Kier alpha value is -1.20. The molecule has 0 fully saturated rings. The molecular formula is C10H14N2O2S. The van der Waals surface area contributed by atoms with E-state index in [-0.39, 0.29) is 11.5 Å². The highest BCUT2D eigenvalue weighted by Gasteiger charge is 2.17. The number of nitrogens with one attached hydrogen (secondary N) is 1. The molecule has 0 atom stereocenters. The summed E-state index contributed by atoms with van der Waals surface area (Å²) in [5, 5.41) is 7.67. The predicted molar refractivity (Wildman–Crippen MR) is 60.7 cm³/mol. The maximum absolute atomic E-state index is 11.5. The standard InChI is InChI=1S/C10H14N2O2S/c1-12(2)15(13,14)8-10(11)9-6-4-3-5-7-9/h3-7,11H,8H2,1-2H3. The number of hydrogen-bond donors (Lipinski definition) is 1. The van der Waals surface area contributed by atoms with E-state index in [0.29, 0.717) is 5.56 Å². The van der Waals surface area contributed by atoms with E-state index in [1.54, 1.807) is 24.3 Å². The second kappa shape index (κ2) is 4.55. The minimum absolute atomic E-state index is 0.115. The van der Waals surface area contributed by atoms with E-state index < -0.39 is 10.0 Å². The summed E-state index contributed by atoms with van der Waals surface area (Å²) in [6.45, 7) is 0. The molecule has 0 aromatic heterocycles. The van der Waals surface area contributed by atoms with Crippen LogP contribution < -0.4 is 0 Å². The molecule has 1 N–H and O–H groups in total. The van der Waals surface area contributed by atoms with Gasteiger partial charge in [-0.3, -0.25) is 0 Å². The van der Waals surface area contributed by atoms with Crippen LogP contribution in [-0.4, -0.2) is 38.3 Å². The molecule has 0 bridgehead atoms. The number of hydrogen-bond acceptors (Lipinski definition) is 3. The van der Waals surface area contributed by atoms with Gasteiger partial charge >= 0.3 is 0 Å². The molecule has 0 saturated carbocycles. The fourth-order valence-corrected chi connectivity index (χ4v) is 1.82. The van der Waals surface area contributed by atoms with Gasteiger partial charge in [0.05, 0.1) is 5.71 Å². The van der Waals surface area contributed by atoms with E-state index in [1.807, 2.05) is 6.07 Å². The quantitative estimate of drug-likeness (QED) is 0.777. The smallest absolute Gasteiger partial charge is 0.219 e. The van der Waals surface area contributed by atoms with Gasteiger partial charge in [0.15, 0.2) is 0 Å². The van der Waals surface area contributed by atoms with Gasteiger partial charge in [-0.25, -0.2) is 12.7 Å². The van der Waals surface area contributed by atoms with Crippen LogP contribution in [0.15, 0.2) is 30.3 Å². The Labute approximate surface area is 90.1 Å². The van der Waals surface area contributed by atoms with Crippen LogP contribution in [0.1, 0.15) is 5.56 Å². The van der Waals surface area contributed by atoms with Crippen molar-refractivity contribution in [2.45, 2.75) is 0 Å². The Morgan fingerprint density at radius 3 is 2.27 bits per heavy atom. The molecule has 0 saturated heterocycles. The second-order valence-corrected chi connectivity index (χ2v) is 5.57. The topological polar surface area (TPSA) is 61.2 Å². The van der Waals surface area contributed by atoms with Crippen LogP contribution in [0.2, 0.25) is 0 Å². The Bertz CT molecular complexity index is 438. The number of benzene rings is 1. The zero-order valence-electron chi connectivity index (χ0n) is 8.77. The molecule has 1 rings (SSSR count). The average molecular weight is 226 g/mol. The summed E-state index contributed by atoms with van der Waals surface area (Å²) in [6.07, 6.45) is 0. The zero-order valence-corrected chi connectivity index (χ0v) is 9.58. The Kier molecular flexibility index (Phi) is 3.60. The lowest BCUT2D eigenvalue weighted by Gasteiger charge is -2.11. The van der Waals surface area contributed by atoms with Gasteiger partial charge in [-0.2, -0.15) is 0 Å². The van der Waals surface area contributed by atoms with E-state index in [2.05, 4.69) is 0 Å². The van der Waals surface area contributed by atoms with Crippen molar-refractivity contribution in [3.8, 4) is 0 Å². The summed E-state index contributed by atoms with van der Waals surface area (Å²) in [5.41, 5.74) is 0.757. The van der Waals surface area contributed by atoms with E-state index in [4.69, 9.17) is 5.41 Å². The molecule has 0 aliphatic rings. The maximum Gasteiger partial charge on any atom is 0.219 e. The summed E-state index contributed by atoms with van der Waals surface area (Å²) in [7, 11) is -0.405. The van der Waals surface area contributed by atoms with E-state index in [9.17, 15) is 8.42 Å². The third kappa shape index (κ3) is 3.14. The van der Waals surface area contributed by atoms with Crippen LogP contribution in [0.3, 0.4) is 0 Å². The van der Waals surface area contributed by atoms with Crippen molar-refractivity contribution in [1.29, 1.82) is 5.41 Å². The molecule has 4 nitrogen and oxygen atoms in total. The average Bonchev–Trinajstić information content (AvgIpc) is 2.18. The number of rotatable bonds is 4. The van der Waals surface area contributed by atoms with Crippen molar-refractivity contribution in [2.24, 2.45) is 0 Å². The molecule has 0 unspecified atom stereocenters. The zero-order chi connectivity index (χ0) is 11.5. The molecule has 1 aromatic rings. The summed E-state index contributed by atoms with van der Waals surface area (Å²) in [6, 6.07) is 8.86. The van der Waals surface area contributed by atoms with Crippen LogP contribution in [0.5, 0.6) is 0 Å². The molecule has 0 aliphatic carbocycles. The van der Waals surface area contributed by atoms with E-state index in [0.717, 1.165) is 4.31 Å². The van der Waals surface area contributed by atoms with Crippen LogP contribution in [0.4, 0.5) is 0 Å². The van der Waals surface area contributed by atoms with Crippen LogP contribution in [0, 0.1) is 5.41 Å². The first kappa shape index (κ1) is 11.9. The Balaban J connectivity index is 2.82. The molecule has 5 heteroatoms. The van der Waals surface area contributed by atoms with Crippen LogP contribution >= 0.6 is 0 Å². The van der Waals surface area contributed by atoms with Gasteiger partial charge in [-0.1, -0.05) is 30.3 Å². The van der Waals surface area contributed by atoms with Crippen LogP contribution in [0.25, 0.3) is 0 Å². The van der Waals surface area contributed by atoms with Crippen LogP contribution in [-0.2, 0) is 10.0 Å². The van der Waals surface area contributed by atoms with E-state index in [1.165, 1.54) is 14.1 Å². The van der Waals surface area contributed by atoms with Gasteiger partial charge in [-0.05, 0) is 5.56 Å². The summed E-state index contributed by atoms with van der Waals surface area (Å²) < 4.78 is 24.1. The second-order valence-electron chi connectivity index (χ2n) is 3.38. The maximum atomic E-state index is 11.5. The molecule has 0 amide bonds. The van der Waals surface area contributed by atoms with E-state index >= 15 is 0 Å². The summed E-state index contributed by atoms with van der Waals surface area (Å²) >= 11 is 0. The van der Waals surface area contributed by atoms with Gasteiger partial charge in [0.1, 0.15) is 5.75 Å². The summed E-state index contributed by atoms with van der Waals surface area (Å²) in [5.74, 6) is -0.260. The van der Waals surface area contributed by atoms with Crippen molar-refractivity contribution < 1.29 is 8.42 Å². The Morgan fingerprint density at radius 2 is 1.80 bits per heavy atom. The first-order chi connectivity index (χ1) is 6.93. The molecule has 0 radical (unpaired) electrons. The normalized spacial score (nSPS) is 11.7. The molecule has 1 aromatic carbocycles. The molecular weight excluding hydrogens is 212 g/mol. The van der Waals surface area contributed by atoms with Crippen molar-refractivity contribution in [1.82, 2.24) is 4.31 Å². The third-order valence-electron chi connectivity index (χ3n) is 2.01. The van der Waals surface area contributed by atoms with Gasteiger partial charge < -0.3 is 5.41 Å². The molecule has 0 heterocycles. The lowest BCUT2D eigenvalue weighted by molar-refractivity contribution is 0.525. The van der Waals surface area contributed by atoms with Gasteiger partial charge in [0.25, 0.3) is 0 Å². The number of nitrogens with zero attached hydrogens (tertiary/aromatic N) is 1. The predicted octanol–water partition coefficient (Wildman–Crippen LogP) is 0.946. The van der Waals surface area contributed by atoms with Crippen molar-refractivity contribution in [3.05, 3.63) is 35.9 Å². The Morgan fingerprint density at radius 1 is 1.27 bits per heavy atom. The third-order valence-corrected chi connectivity index (χ3v) is 3.77. The first-order valence-corrected chi connectivity index (χ1v) is 6.07. The molecule has 0 aliphatic heterocycles. The number of sulfonamides is 1. The van der Waals surface area contributed by atoms with Gasteiger partial charge in [0.2, 0.25) is 10.0 Å². The lowest BCUT2D eigenvalue weighted by Crippen LogP contribution is -2.29. The van der Waals surface area contributed by atoms with Crippen molar-refractivity contribution in [3.63, 3.8) is 0 Å². The fraction of sp³-hybridized carbons (Fsp3) is 0.300. The fourth-order valence-electron chi connectivity index (χ4n) is 1.03. The van der Waals surface area contributed by atoms with Gasteiger partial charge in [-0.15, -0.1) is 0 Å². The van der Waals surface area contributed by atoms with Gasteiger partial charge in [0, 0.05) is 14.1 Å². The SMILES string of the molecule is CN(C)S(=O)(=O)CC(=N)c1ccccc1. The molecule has 82 valence electrons. The largest absolute Gasteiger partial charge is 0.304 e.